The molecule has 0 spiro atoms. The Balaban J connectivity index is 1.24. The molecule has 2 heterocycles. The molecule has 0 bridgehead atoms. The first-order chi connectivity index (χ1) is 16.2. The summed E-state index contributed by atoms with van der Waals surface area (Å²) in [4.78, 5) is 32.5. The molecular weight excluding hydrogens is 414 g/mol. The van der Waals surface area contributed by atoms with Gasteiger partial charge in [-0.2, -0.15) is 0 Å². The SMILES string of the molecule is O=C(Nc1ccncc1)c1ccc(CNCc2ccc(C(=O)Nc3ccncc3)cc2)cc1. The molecule has 4 rings (SSSR count). The molecule has 0 fully saturated rings. The highest BCUT2D eigenvalue weighted by molar-refractivity contribution is 6.04. The number of carbonyl (C=O) groups excluding carboxylic acids is 2. The number of benzene rings is 2. The average molecular weight is 438 g/mol. The molecule has 0 saturated carbocycles. The molecular formula is C26H23N5O2. The van der Waals surface area contributed by atoms with Crippen LogP contribution in [-0.2, 0) is 13.1 Å². The molecule has 2 aromatic carbocycles. The molecule has 0 unspecified atom stereocenters. The van der Waals surface area contributed by atoms with Gasteiger partial charge in [-0.05, 0) is 59.7 Å². The van der Waals surface area contributed by atoms with Gasteiger partial charge in [0.15, 0.2) is 0 Å². The fourth-order valence-electron chi connectivity index (χ4n) is 3.18. The summed E-state index contributed by atoms with van der Waals surface area (Å²) in [7, 11) is 0. The molecule has 164 valence electrons. The van der Waals surface area contributed by atoms with Gasteiger partial charge in [-0.25, -0.2) is 0 Å². The lowest BCUT2D eigenvalue weighted by atomic mass is 10.1. The average Bonchev–Trinajstić information content (AvgIpc) is 2.86. The molecule has 0 atom stereocenters. The van der Waals surface area contributed by atoms with Crippen LogP contribution in [0.1, 0.15) is 31.8 Å². The van der Waals surface area contributed by atoms with Crippen LogP contribution in [0, 0.1) is 0 Å². The summed E-state index contributed by atoms with van der Waals surface area (Å²) in [5, 5.41) is 9.06. The maximum absolute atomic E-state index is 12.3. The van der Waals surface area contributed by atoms with Gasteiger partial charge in [-0.3, -0.25) is 19.6 Å². The van der Waals surface area contributed by atoms with Gasteiger partial charge in [0.25, 0.3) is 11.8 Å². The molecule has 7 heteroatoms. The Morgan fingerprint density at radius 1 is 0.545 bits per heavy atom. The molecule has 33 heavy (non-hydrogen) atoms. The number of anilines is 2. The third-order valence-electron chi connectivity index (χ3n) is 4.97. The van der Waals surface area contributed by atoms with E-state index in [1.165, 1.54) is 0 Å². The molecule has 2 aromatic heterocycles. The summed E-state index contributed by atoms with van der Waals surface area (Å²) in [6.07, 6.45) is 6.54. The van der Waals surface area contributed by atoms with Crippen molar-refractivity contribution in [3.63, 3.8) is 0 Å². The summed E-state index contributed by atoms with van der Waals surface area (Å²) in [5.41, 5.74) is 4.75. The predicted molar refractivity (Wildman–Crippen MR) is 128 cm³/mol. The van der Waals surface area contributed by atoms with E-state index in [1.807, 2.05) is 48.5 Å². The standard InChI is InChI=1S/C26H23N5O2/c32-25(30-23-9-13-27-14-10-23)21-5-1-19(2-6-21)17-29-18-20-3-7-22(8-4-20)26(33)31-24-11-15-28-16-12-24/h1-16,29H,17-18H2,(H,27,30,32)(H,28,31,33). The number of nitrogens with one attached hydrogen (secondary N) is 3. The fraction of sp³-hybridized carbons (Fsp3) is 0.0769. The molecule has 0 radical (unpaired) electrons. The maximum atomic E-state index is 12.3. The molecule has 0 saturated heterocycles. The zero-order chi connectivity index (χ0) is 22.9. The molecule has 0 aliphatic rings. The zero-order valence-corrected chi connectivity index (χ0v) is 17.9. The van der Waals surface area contributed by atoms with Crippen molar-refractivity contribution in [3.8, 4) is 0 Å². The highest BCUT2D eigenvalue weighted by Crippen LogP contribution is 2.11. The van der Waals surface area contributed by atoms with Crippen LogP contribution in [0.2, 0.25) is 0 Å². The minimum Gasteiger partial charge on any atom is -0.322 e. The van der Waals surface area contributed by atoms with Crippen LogP contribution < -0.4 is 16.0 Å². The van der Waals surface area contributed by atoms with E-state index < -0.39 is 0 Å². The Morgan fingerprint density at radius 2 is 0.909 bits per heavy atom. The summed E-state index contributed by atoms with van der Waals surface area (Å²) in [6.45, 7) is 1.33. The quantitative estimate of drug-likeness (QED) is 0.383. The van der Waals surface area contributed by atoms with Crippen molar-refractivity contribution in [2.24, 2.45) is 0 Å². The number of pyridine rings is 2. The van der Waals surface area contributed by atoms with Crippen LogP contribution in [0.5, 0.6) is 0 Å². The van der Waals surface area contributed by atoms with Crippen molar-refractivity contribution in [2.45, 2.75) is 13.1 Å². The minimum atomic E-state index is -0.159. The predicted octanol–water partition coefficient (Wildman–Crippen LogP) is 4.27. The molecule has 0 aliphatic carbocycles. The highest BCUT2D eigenvalue weighted by atomic mass is 16.2. The second kappa shape index (κ2) is 10.8. The van der Waals surface area contributed by atoms with Crippen LogP contribution >= 0.6 is 0 Å². The summed E-state index contributed by atoms with van der Waals surface area (Å²) >= 11 is 0. The van der Waals surface area contributed by atoms with Gasteiger partial charge < -0.3 is 16.0 Å². The Bertz CT molecular complexity index is 1100. The van der Waals surface area contributed by atoms with Crippen LogP contribution in [0.15, 0.2) is 97.6 Å². The largest absolute Gasteiger partial charge is 0.322 e. The molecule has 4 aromatic rings. The van der Waals surface area contributed by atoms with Crippen molar-refractivity contribution in [2.75, 3.05) is 10.6 Å². The van der Waals surface area contributed by atoms with Crippen LogP contribution in [0.4, 0.5) is 11.4 Å². The van der Waals surface area contributed by atoms with Gasteiger partial charge in [0, 0.05) is 60.4 Å². The number of carbonyl (C=O) groups is 2. The molecule has 3 N–H and O–H groups in total. The number of nitrogens with zero attached hydrogens (tertiary/aromatic N) is 2. The van der Waals surface area contributed by atoms with E-state index in [2.05, 4.69) is 25.9 Å². The summed E-state index contributed by atoms with van der Waals surface area (Å²) < 4.78 is 0. The van der Waals surface area contributed by atoms with Crippen LogP contribution in [0.3, 0.4) is 0 Å². The number of hydrogen-bond acceptors (Lipinski definition) is 5. The first kappa shape index (κ1) is 21.9. The van der Waals surface area contributed by atoms with E-state index in [0.29, 0.717) is 35.6 Å². The first-order valence-corrected chi connectivity index (χ1v) is 10.5. The molecule has 0 aliphatic heterocycles. The normalized spacial score (nSPS) is 10.4. The summed E-state index contributed by atoms with van der Waals surface area (Å²) in [5.74, 6) is -0.317. The van der Waals surface area contributed by atoms with Crippen LogP contribution in [0.25, 0.3) is 0 Å². The van der Waals surface area contributed by atoms with Gasteiger partial charge in [0.2, 0.25) is 0 Å². The second-order valence-electron chi connectivity index (χ2n) is 7.38. The lowest BCUT2D eigenvalue weighted by molar-refractivity contribution is 0.101. The minimum absolute atomic E-state index is 0.159. The van der Waals surface area contributed by atoms with Gasteiger partial charge in [0.1, 0.15) is 0 Å². The Labute approximate surface area is 191 Å². The van der Waals surface area contributed by atoms with E-state index in [0.717, 1.165) is 11.1 Å². The van der Waals surface area contributed by atoms with Gasteiger partial charge in [0.05, 0.1) is 0 Å². The third kappa shape index (κ3) is 6.32. The smallest absolute Gasteiger partial charge is 0.255 e. The van der Waals surface area contributed by atoms with Crippen molar-refractivity contribution in [1.82, 2.24) is 15.3 Å². The Hall–Kier alpha value is -4.36. The van der Waals surface area contributed by atoms with Gasteiger partial charge in [-0.15, -0.1) is 0 Å². The monoisotopic (exact) mass is 437 g/mol. The van der Waals surface area contributed by atoms with Crippen molar-refractivity contribution >= 4 is 23.2 Å². The Morgan fingerprint density at radius 3 is 1.27 bits per heavy atom. The topological polar surface area (TPSA) is 96.0 Å². The van der Waals surface area contributed by atoms with Gasteiger partial charge >= 0.3 is 0 Å². The lowest BCUT2D eigenvalue weighted by Crippen LogP contribution is -2.15. The zero-order valence-electron chi connectivity index (χ0n) is 17.9. The van der Waals surface area contributed by atoms with Crippen molar-refractivity contribution in [3.05, 3.63) is 120 Å². The number of hydrogen-bond donors (Lipinski definition) is 3. The first-order valence-electron chi connectivity index (χ1n) is 10.5. The maximum Gasteiger partial charge on any atom is 0.255 e. The van der Waals surface area contributed by atoms with E-state index in [-0.39, 0.29) is 11.8 Å². The number of rotatable bonds is 8. The van der Waals surface area contributed by atoms with Gasteiger partial charge in [-0.1, -0.05) is 24.3 Å². The van der Waals surface area contributed by atoms with Crippen LogP contribution in [-0.4, -0.2) is 21.8 Å². The second-order valence-corrected chi connectivity index (χ2v) is 7.38. The third-order valence-corrected chi connectivity index (χ3v) is 4.97. The molecule has 2 amide bonds. The van der Waals surface area contributed by atoms with E-state index in [9.17, 15) is 9.59 Å². The molecule has 7 nitrogen and oxygen atoms in total. The summed E-state index contributed by atoms with van der Waals surface area (Å²) in [6, 6.07) is 21.9. The lowest BCUT2D eigenvalue weighted by Gasteiger charge is -2.08. The van der Waals surface area contributed by atoms with E-state index in [4.69, 9.17) is 0 Å². The Kier molecular flexibility index (Phi) is 7.15. The number of amides is 2. The van der Waals surface area contributed by atoms with Crippen molar-refractivity contribution in [1.29, 1.82) is 0 Å². The van der Waals surface area contributed by atoms with Crippen molar-refractivity contribution < 1.29 is 9.59 Å². The van der Waals surface area contributed by atoms with E-state index in [1.54, 1.807) is 49.1 Å². The van der Waals surface area contributed by atoms with E-state index >= 15 is 0 Å². The highest BCUT2D eigenvalue weighted by Gasteiger charge is 2.07. The fourth-order valence-corrected chi connectivity index (χ4v) is 3.18. The number of aromatic nitrogens is 2.